The summed E-state index contributed by atoms with van der Waals surface area (Å²) in [6.07, 6.45) is 10.8. The summed E-state index contributed by atoms with van der Waals surface area (Å²) >= 11 is 0. The number of ether oxygens (including phenoxy) is 1. The van der Waals surface area contributed by atoms with Crippen LogP contribution >= 0.6 is 0 Å². The Morgan fingerprint density at radius 3 is 2.66 bits per heavy atom. The zero-order valence-electron chi connectivity index (χ0n) is 19.5. The number of aromatic nitrogens is 4. The van der Waals surface area contributed by atoms with Crippen LogP contribution in [0.2, 0.25) is 0 Å². The number of carbonyl (C=O) groups excluding carboxylic acids is 1. The standard InChI is InChI=1S/C26H27N5O4/c1-2-3-4-5-6-7-8-16-34-18-14-12-17(13-15-18)22(32)19-10-9-11-20-23(33)21(27)25(35-24(19)20)26-28-30-31-29-26/h8-16H,2-7,27H2,1H3,(H,28,29,30,31)/b16-8+. The maximum absolute atomic E-state index is 13.3. The van der Waals surface area contributed by atoms with Gasteiger partial charge in [-0.3, -0.25) is 9.59 Å². The van der Waals surface area contributed by atoms with E-state index in [1.807, 2.05) is 6.08 Å². The third-order valence-electron chi connectivity index (χ3n) is 5.64. The number of tetrazole rings is 1. The lowest BCUT2D eigenvalue weighted by atomic mass is 10.0. The second-order valence-electron chi connectivity index (χ2n) is 8.14. The van der Waals surface area contributed by atoms with E-state index >= 15 is 0 Å². The molecule has 0 fully saturated rings. The number of benzene rings is 2. The Balaban J connectivity index is 1.51. The number of fused-ring (bicyclic) bond motifs is 1. The largest absolute Gasteiger partial charge is 0.465 e. The summed E-state index contributed by atoms with van der Waals surface area (Å²) in [4.78, 5) is 26.1. The van der Waals surface area contributed by atoms with Gasteiger partial charge in [0, 0.05) is 5.56 Å². The smallest absolute Gasteiger partial charge is 0.242 e. The number of anilines is 1. The molecule has 0 saturated carbocycles. The van der Waals surface area contributed by atoms with Crippen LogP contribution in [0.1, 0.15) is 61.4 Å². The third-order valence-corrected chi connectivity index (χ3v) is 5.64. The van der Waals surface area contributed by atoms with E-state index in [0.717, 1.165) is 12.8 Å². The molecule has 0 atom stereocenters. The van der Waals surface area contributed by atoms with Crippen molar-refractivity contribution in [2.24, 2.45) is 0 Å². The van der Waals surface area contributed by atoms with E-state index in [9.17, 15) is 9.59 Å². The Kier molecular flexibility index (Phi) is 7.67. The van der Waals surface area contributed by atoms with E-state index in [1.165, 1.54) is 25.7 Å². The normalized spacial score (nSPS) is 11.3. The number of para-hydroxylation sites is 1. The molecule has 2 aromatic carbocycles. The zero-order chi connectivity index (χ0) is 24.6. The summed E-state index contributed by atoms with van der Waals surface area (Å²) in [6, 6.07) is 11.6. The number of nitrogens with two attached hydrogens (primary N) is 1. The Morgan fingerprint density at radius 2 is 1.91 bits per heavy atom. The van der Waals surface area contributed by atoms with E-state index in [0.29, 0.717) is 11.3 Å². The number of nitrogens with one attached hydrogen (secondary N) is 1. The van der Waals surface area contributed by atoms with Gasteiger partial charge in [0.15, 0.2) is 5.78 Å². The van der Waals surface area contributed by atoms with Gasteiger partial charge in [-0.1, -0.05) is 38.7 Å². The highest BCUT2D eigenvalue weighted by Gasteiger charge is 2.21. The van der Waals surface area contributed by atoms with Crippen molar-refractivity contribution in [3.8, 4) is 17.3 Å². The van der Waals surface area contributed by atoms with E-state index in [2.05, 4.69) is 27.5 Å². The number of carbonyl (C=O) groups is 1. The highest BCUT2D eigenvalue weighted by atomic mass is 16.5. The SMILES string of the molecule is CCCCCCC/C=C/Oc1ccc(C(=O)c2cccc3c(=O)c(N)c(-c4nn[nH]n4)oc23)cc1. The molecule has 35 heavy (non-hydrogen) atoms. The first-order valence-electron chi connectivity index (χ1n) is 11.7. The van der Waals surface area contributed by atoms with Gasteiger partial charge < -0.3 is 14.9 Å². The van der Waals surface area contributed by atoms with Crippen LogP contribution in [0.4, 0.5) is 5.69 Å². The molecule has 0 unspecified atom stereocenters. The average molecular weight is 474 g/mol. The third kappa shape index (κ3) is 5.46. The minimum Gasteiger partial charge on any atom is -0.465 e. The van der Waals surface area contributed by atoms with Crippen LogP contribution in [0.3, 0.4) is 0 Å². The van der Waals surface area contributed by atoms with Gasteiger partial charge >= 0.3 is 0 Å². The molecule has 0 aliphatic rings. The van der Waals surface area contributed by atoms with Gasteiger partial charge in [0.05, 0.1) is 17.2 Å². The molecule has 3 N–H and O–H groups in total. The Labute approximate surface area is 202 Å². The molecular formula is C26H27N5O4. The number of ketones is 1. The minimum absolute atomic E-state index is 0.0271. The van der Waals surface area contributed by atoms with Gasteiger partial charge in [-0.2, -0.15) is 5.21 Å². The van der Waals surface area contributed by atoms with Gasteiger partial charge in [-0.15, -0.1) is 10.2 Å². The van der Waals surface area contributed by atoms with Crippen molar-refractivity contribution in [1.29, 1.82) is 0 Å². The molecule has 2 aromatic heterocycles. The van der Waals surface area contributed by atoms with Crippen molar-refractivity contribution >= 4 is 22.4 Å². The summed E-state index contributed by atoms with van der Waals surface area (Å²) < 4.78 is 11.5. The lowest BCUT2D eigenvalue weighted by Crippen LogP contribution is -2.12. The number of rotatable bonds is 11. The summed E-state index contributed by atoms with van der Waals surface area (Å²) in [5.41, 5.74) is 6.08. The topological polar surface area (TPSA) is 137 Å². The summed E-state index contributed by atoms with van der Waals surface area (Å²) in [6.45, 7) is 2.21. The van der Waals surface area contributed by atoms with Gasteiger partial charge in [0.25, 0.3) is 0 Å². The number of unbranched alkanes of at least 4 members (excludes halogenated alkanes) is 5. The zero-order valence-corrected chi connectivity index (χ0v) is 19.5. The van der Waals surface area contributed by atoms with Gasteiger partial charge in [-0.05, 0) is 60.5 Å². The number of hydrogen-bond donors (Lipinski definition) is 2. The van der Waals surface area contributed by atoms with Crippen molar-refractivity contribution in [3.63, 3.8) is 0 Å². The number of H-pyrrole nitrogens is 1. The van der Waals surface area contributed by atoms with Gasteiger partial charge in [0.2, 0.25) is 17.0 Å². The van der Waals surface area contributed by atoms with Crippen LogP contribution in [0.5, 0.6) is 5.75 Å². The maximum atomic E-state index is 13.3. The molecule has 4 rings (SSSR count). The molecule has 0 saturated heterocycles. The number of aromatic amines is 1. The lowest BCUT2D eigenvalue weighted by molar-refractivity contribution is 0.103. The van der Waals surface area contributed by atoms with E-state index < -0.39 is 5.43 Å². The van der Waals surface area contributed by atoms with E-state index in [1.54, 1.807) is 48.7 Å². The van der Waals surface area contributed by atoms with Crippen LogP contribution in [0.25, 0.3) is 22.6 Å². The van der Waals surface area contributed by atoms with Gasteiger partial charge in [0.1, 0.15) is 17.0 Å². The molecule has 9 nitrogen and oxygen atoms in total. The predicted molar refractivity (Wildman–Crippen MR) is 133 cm³/mol. The molecule has 0 aliphatic heterocycles. The lowest BCUT2D eigenvalue weighted by Gasteiger charge is -2.08. The molecular weight excluding hydrogens is 446 g/mol. The monoisotopic (exact) mass is 473 g/mol. The second kappa shape index (κ2) is 11.2. The highest BCUT2D eigenvalue weighted by Crippen LogP contribution is 2.28. The van der Waals surface area contributed by atoms with Crippen LogP contribution in [-0.4, -0.2) is 26.4 Å². The Hall–Kier alpha value is -4.27. The summed E-state index contributed by atoms with van der Waals surface area (Å²) in [7, 11) is 0. The number of hydrogen-bond acceptors (Lipinski definition) is 8. The van der Waals surface area contributed by atoms with Crippen LogP contribution in [0, 0.1) is 0 Å². The molecule has 4 aromatic rings. The average Bonchev–Trinajstić information content (AvgIpc) is 3.42. The van der Waals surface area contributed by atoms with Crippen molar-refractivity contribution in [1.82, 2.24) is 20.6 Å². The molecule has 180 valence electrons. The van der Waals surface area contributed by atoms with Gasteiger partial charge in [-0.25, -0.2) is 0 Å². The first-order valence-corrected chi connectivity index (χ1v) is 11.7. The van der Waals surface area contributed by atoms with Crippen LogP contribution in [0.15, 0.2) is 64.0 Å². The van der Waals surface area contributed by atoms with Crippen molar-refractivity contribution in [2.75, 3.05) is 5.73 Å². The van der Waals surface area contributed by atoms with Crippen molar-refractivity contribution in [3.05, 3.63) is 76.2 Å². The maximum Gasteiger partial charge on any atom is 0.242 e. The highest BCUT2D eigenvalue weighted by molar-refractivity contribution is 6.15. The van der Waals surface area contributed by atoms with E-state index in [4.69, 9.17) is 14.9 Å². The fourth-order valence-corrected chi connectivity index (χ4v) is 3.73. The summed E-state index contributed by atoms with van der Waals surface area (Å²) in [5, 5.41) is 13.6. The Bertz CT molecular complexity index is 1380. The Morgan fingerprint density at radius 1 is 1.11 bits per heavy atom. The first kappa shape index (κ1) is 23.9. The molecule has 9 heteroatoms. The molecule has 0 radical (unpaired) electrons. The molecule has 0 spiro atoms. The molecule has 0 amide bonds. The van der Waals surface area contributed by atoms with Crippen molar-refractivity contribution in [2.45, 2.75) is 45.4 Å². The fraction of sp³-hybridized carbons (Fsp3) is 0.269. The quantitative estimate of drug-likeness (QED) is 0.176. The molecule has 2 heterocycles. The molecule has 0 bridgehead atoms. The summed E-state index contributed by atoms with van der Waals surface area (Å²) in [5.74, 6) is 0.300. The first-order chi connectivity index (χ1) is 17.1. The fourth-order valence-electron chi connectivity index (χ4n) is 3.73. The number of nitrogens with zero attached hydrogens (tertiary/aromatic N) is 3. The second-order valence-corrected chi connectivity index (χ2v) is 8.14. The molecule has 0 aliphatic carbocycles. The number of allylic oxidation sites excluding steroid dienone is 1. The minimum atomic E-state index is -0.471. The van der Waals surface area contributed by atoms with Crippen LogP contribution in [-0.2, 0) is 0 Å². The predicted octanol–water partition coefficient (Wildman–Crippen LogP) is 5.04. The van der Waals surface area contributed by atoms with Crippen molar-refractivity contribution < 1.29 is 13.9 Å². The van der Waals surface area contributed by atoms with E-state index in [-0.39, 0.29) is 39.6 Å². The number of nitrogen functional groups attached to an aromatic ring is 1. The van der Waals surface area contributed by atoms with Crippen LogP contribution < -0.4 is 15.9 Å².